The number of nitrogens with two attached hydrogens (primary N) is 1. The summed E-state index contributed by atoms with van der Waals surface area (Å²) in [7, 11) is 3.71. The first-order valence-corrected chi connectivity index (χ1v) is 13.9. The van der Waals surface area contributed by atoms with E-state index in [9.17, 15) is 4.79 Å². The molecule has 4 heterocycles. The van der Waals surface area contributed by atoms with Gasteiger partial charge in [0.2, 0.25) is 11.9 Å². The molecule has 11 nitrogen and oxygen atoms in total. The number of carbonyl (C=O) groups is 1. The lowest BCUT2D eigenvalue weighted by molar-refractivity contribution is -0.130. The standard InChI is InChI=1S/C30H34N10O/c1-19(41)39-12-10-25(11-13-39)40-18-24(17-34-40)35-30-33-16-22-8-9-26-27(28(22)36-30)29(38(3)37-26)21-6-4-20(5-7-21)23(14-31)15-32-2/h4-7,14-18,25H,8-13,31H2,1-3H3,(H,33,35,36)/b23-14+,32-15?. The van der Waals surface area contributed by atoms with E-state index in [1.165, 1.54) is 0 Å². The number of rotatable bonds is 6. The number of piperidine rings is 1. The first-order chi connectivity index (χ1) is 19.9. The lowest BCUT2D eigenvalue weighted by Crippen LogP contribution is -2.37. The molecule has 1 aliphatic heterocycles. The van der Waals surface area contributed by atoms with E-state index in [1.54, 1.807) is 32.6 Å². The minimum absolute atomic E-state index is 0.132. The molecule has 0 saturated carbocycles. The van der Waals surface area contributed by atoms with Crippen LogP contribution >= 0.6 is 0 Å². The molecule has 0 atom stereocenters. The predicted octanol–water partition coefficient (Wildman–Crippen LogP) is 3.77. The van der Waals surface area contributed by atoms with Crippen molar-refractivity contribution >= 4 is 29.3 Å². The van der Waals surface area contributed by atoms with Crippen molar-refractivity contribution in [3.63, 3.8) is 0 Å². The number of fused-ring (bicyclic) bond motifs is 3. The fourth-order valence-corrected chi connectivity index (χ4v) is 5.80. The highest BCUT2D eigenvalue weighted by atomic mass is 16.2. The van der Waals surface area contributed by atoms with Crippen molar-refractivity contribution < 1.29 is 4.79 Å². The fourth-order valence-electron chi connectivity index (χ4n) is 5.80. The van der Waals surface area contributed by atoms with Gasteiger partial charge in [0.15, 0.2) is 0 Å². The topological polar surface area (TPSA) is 132 Å². The van der Waals surface area contributed by atoms with Gasteiger partial charge in [-0.2, -0.15) is 10.2 Å². The Morgan fingerprint density at radius 2 is 1.93 bits per heavy atom. The summed E-state index contributed by atoms with van der Waals surface area (Å²) in [6.07, 6.45) is 12.5. The lowest BCUT2D eigenvalue weighted by atomic mass is 9.91. The van der Waals surface area contributed by atoms with Gasteiger partial charge in [0.1, 0.15) is 0 Å². The summed E-state index contributed by atoms with van der Waals surface area (Å²) in [6, 6.07) is 8.54. The Balaban J connectivity index is 1.26. The van der Waals surface area contributed by atoms with Crippen LogP contribution in [-0.4, -0.2) is 66.7 Å². The number of benzene rings is 1. The molecule has 1 amide bonds. The van der Waals surface area contributed by atoms with Gasteiger partial charge in [0.25, 0.3) is 0 Å². The van der Waals surface area contributed by atoms with Crippen molar-refractivity contribution in [3.8, 4) is 22.5 Å². The highest BCUT2D eigenvalue weighted by molar-refractivity contribution is 6.09. The molecule has 0 radical (unpaired) electrons. The molecule has 2 aliphatic rings. The molecule has 4 aromatic rings. The number of allylic oxidation sites excluding steroid dienone is 1. The van der Waals surface area contributed by atoms with E-state index < -0.39 is 0 Å². The SMILES string of the molecule is CN=C/C(=C\N)c1ccc(-c2c3c(nn2C)CCc2cnc(Nc4cnn(C5CCN(C(C)=O)CC5)c4)nc2-3)cc1. The van der Waals surface area contributed by atoms with E-state index in [0.717, 1.165) is 89.4 Å². The number of aryl methyl sites for hydroxylation is 3. The zero-order valence-electron chi connectivity index (χ0n) is 23.6. The average Bonchev–Trinajstić information content (AvgIpc) is 3.60. The van der Waals surface area contributed by atoms with Gasteiger partial charge in [-0.05, 0) is 36.8 Å². The number of hydrogen-bond acceptors (Lipinski definition) is 8. The predicted molar refractivity (Wildman–Crippen MR) is 160 cm³/mol. The van der Waals surface area contributed by atoms with Gasteiger partial charge in [0, 0.05) is 75.6 Å². The number of nitrogens with one attached hydrogen (secondary N) is 1. The van der Waals surface area contributed by atoms with Crippen molar-refractivity contribution in [3.05, 3.63) is 65.9 Å². The van der Waals surface area contributed by atoms with Gasteiger partial charge >= 0.3 is 0 Å². The smallest absolute Gasteiger partial charge is 0.227 e. The van der Waals surface area contributed by atoms with Crippen molar-refractivity contribution in [1.82, 2.24) is 34.4 Å². The first-order valence-electron chi connectivity index (χ1n) is 13.9. The molecule has 1 aromatic carbocycles. The number of hydrogen-bond donors (Lipinski definition) is 2. The van der Waals surface area contributed by atoms with Crippen LogP contribution in [0.25, 0.3) is 28.1 Å². The molecule has 6 rings (SSSR count). The second kappa shape index (κ2) is 11.0. The molecular formula is C30H34N10O. The summed E-state index contributed by atoms with van der Waals surface area (Å²) in [4.78, 5) is 27.3. The van der Waals surface area contributed by atoms with Crippen molar-refractivity contribution in [2.45, 2.75) is 38.6 Å². The third-order valence-electron chi connectivity index (χ3n) is 7.93. The van der Waals surface area contributed by atoms with E-state index in [1.807, 2.05) is 45.8 Å². The summed E-state index contributed by atoms with van der Waals surface area (Å²) < 4.78 is 3.93. The quantitative estimate of drug-likeness (QED) is 0.349. The van der Waals surface area contributed by atoms with Crippen molar-refractivity contribution in [1.29, 1.82) is 0 Å². The molecule has 41 heavy (non-hydrogen) atoms. The minimum Gasteiger partial charge on any atom is -0.404 e. The van der Waals surface area contributed by atoms with Gasteiger partial charge in [-0.15, -0.1) is 0 Å². The monoisotopic (exact) mass is 550 g/mol. The summed E-state index contributed by atoms with van der Waals surface area (Å²) in [6.45, 7) is 3.14. The summed E-state index contributed by atoms with van der Waals surface area (Å²) in [5.41, 5.74) is 14.7. The molecule has 1 saturated heterocycles. The van der Waals surface area contributed by atoms with E-state index >= 15 is 0 Å². The van der Waals surface area contributed by atoms with Crippen LogP contribution in [0.3, 0.4) is 0 Å². The molecular weight excluding hydrogens is 516 g/mol. The number of aromatic nitrogens is 6. The van der Waals surface area contributed by atoms with Crippen molar-refractivity contribution in [2.24, 2.45) is 17.8 Å². The molecule has 0 bridgehead atoms. The molecule has 3 N–H and O–H groups in total. The number of aliphatic imine (C=N–C) groups is 1. The van der Waals surface area contributed by atoms with Crippen LogP contribution in [-0.2, 0) is 24.7 Å². The van der Waals surface area contributed by atoms with E-state index in [-0.39, 0.29) is 11.9 Å². The molecule has 11 heteroatoms. The van der Waals surface area contributed by atoms with Crippen LogP contribution in [0, 0.1) is 0 Å². The number of anilines is 2. The number of likely N-dealkylation sites (tertiary alicyclic amines) is 1. The third kappa shape index (κ3) is 5.10. The van der Waals surface area contributed by atoms with E-state index in [0.29, 0.717) is 5.95 Å². The maximum absolute atomic E-state index is 11.7. The van der Waals surface area contributed by atoms with Gasteiger partial charge in [0.05, 0.1) is 35.0 Å². The normalized spacial score (nSPS) is 15.7. The molecule has 0 spiro atoms. The van der Waals surface area contributed by atoms with Crippen LogP contribution < -0.4 is 11.1 Å². The Labute approximate surface area is 238 Å². The Hall–Kier alpha value is -4.80. The maximum atomic E-state index is 11.7. The van der Waals surface area contributed by atoms with Gasteiger partial charge in [-0.3, -0.25) is 19.2 Å². The Morgan fingerprint density at radius 3 is 2.63 bits per heavy atom. The molecule has 1 fully saturated rings. The molecule has 1 aliphatic carbocycles. The van der Waals surface area contributed by atoms with Gasteiger partial charge in [-0.25, -0.2) is 9.97 Å². The Bertz CT molecular complexity index is 1640. The Morgan fingerprint density at radius 1 is 1.15 bits per heavy atom. The second-order valence-electron chi connectivity index (χ2n) is 10.5. The van der Waals surface area contributed by atoms with Gasteiger partial charge < -0.3 is 16.0 Å². The summed E-state index contributed by atoms with van der Waals surface area (Å²) in [5.74, 6) is 0.650. The van der Waals surface area contributed by atoms with E-state index in [2.05, 4.69) is 32.5 Å². The number of amides is 1. The second-order valence-corrected chi connectivity index (χ2v) is 10.5. The highest BCUT2D eigenvalue weighted by Crippen LogP contribution is 2.40. The van der Waals surface area contributed by atoms with E-state index in [4.69, 9.17) is 15.8 Å². The summed E-state index contributed by atoms with van der Waals surface area (Å²) in [5, 5.41) is 12.8. The zero-order valence-corrected chi connectivity index (χ0v) is 23.6. The van der Waals surface area contributed by atoms with Crippen LogP contribution in [0.2, 0.25) is 0 Å². The van der Waals surface area contributed by atoms with Crippen molar-refractivity contribution in [2.75, 3.05) is 25.5 Å². The zero-order chi connectivity index (χ0) is 28.5. The minimum atomic E-state index is 0.132. The van der Waals surface area contributed by atoms with Crippen LogP contribution in [0.1, 0.15) is 42.6 Å². The average molecular weight is 551 g/mol. The largest absolute Gasteiger partial charge is 0.404 e. The number of nitrogens with zero attached hydrogens (tertiary/aromatic N) is 8. The van der Waals surface area contributed by atoms with Crippen LogP contribution in [0.15, 0.2) is 54.0 Å². The molecule has 210 valence electrons. The number of carbonyl (C=O) groups excluding carboxylic acids is 1. The molecule has 0 unspecified atom stereocenters. The van der Waals surface area contributed by atoms with Crippen LogP contribution in [0.4, 0.5) is 11.6 Å². The lowest BCUT2D eigenvalue weighted by Gasteiger charge is -2.31. The van der Waals surface area contributed by atoms with Gasteiger partial charge in [-0.1, -0.05) is 24.3 Å². The molecule has 3 aromatic heterocycles. The Kier molecular flexibility index (Phi) is 7.08. The maximum Gasteiger partial charge on any atom is 0.227 e. The summed E-state index contributed by atoms with van der Waals surface area (Å²) >= 11 is 0. The van der Waals surface area contributed by atoms with Crippen LogP contribution in [0.5, 0.6) is 0 Å². The highest BCUT2D eigenvalue weighted by Gasteiger charge is 2.27. The fraction of sp³-hybridized carbons (Fsp3) is 0.333. The third-order valence-corrected chi connectivity index (χ3v) is 7.93. The first kappa shape index (κ1) is 26.4.